The fourth-order valence-electron chi connectivity index (χ4n) is 1.53. The lowest BCUT2D eigenvalue weighted by atomic mass is 10.2. The van der Waals surface area contributed by atoms with Crippen molar-refractivity contribution in [3.63, 3.8) is 0 Å². The molecule has 0 aromatic heterocycles. The first kappa shape index (κ1) is 16.5. The third kappa shape index (κ3) is 5.93. The van der Waals surface area contributed by atoms with Crippen molar-refractivity contribution < 1.29 is 9.13 Å². The molecule has 108 valence electrons. The number of hydrogen-bond acceptors (Lipinski definition) is 3. The van der Waals surface area contributed by atoms with E-state index in [1.807, 2.05) is 17.8 Å². The number of ether oxygens (including phenoxy) is 1. The van der Waals surface area contributed by atoms with E-state index in [0.717, 1.165) is 17.0 Å². The minimum Gasteiger partial charge on any atom is -0.383 e. The van der Waals surface area contributed by atoms with Crippen LogP contribution in [0.25, 0.3) is 0 Å². The molecule has 1 atom stereocenters. The van der Waals surface area contributed by atoms with Crippen LogP contribution in [0.15, 0.2) is 23.1 Å². The number of benzene rings is 1. The van der Waals surface area contributed by atoms with Gasteiger partial charge in [0.2, 0.25) is 0 Å². The predicted octanol–water partition coefficient (Wildman–Crippen LogP) is 3.70. The average Bonchev–Trinajstić information content (AvgIpc) is 2.37. The van der Waals surface area contributed by atoms with Crippen LogP contribution in [-0.2, 0) is 11.3 Å². The highest BCUT2D eigenvalue weighted by atomic mass is 32.2. The summed E-state index contributed by atoms with van der Waals surface area (Å²) in [4.78, 5) is 1.16. The average molecular weight is 285 g/mol. The molecule has 0 saturated carbocycles. The van der Waals surface area contributed by atoms with E-state index >= 15 is 0 Å². The topological polar surface area (TPSA) is 21.3 Å². The molecule has 4 heteroatoms. The highest BCUT2D eigenvalue weighted by Gasteiger charge is 2.12. The fraction of sp³-hybridized carbons (Fsp3) is 0.600. The summed E-state index contributed by atoms with van der Waals surface area (Å²) in [5.74, 6) is 0.425. The van der Waals surface area contributed by atoms with Gasteiger partial charge >= 0.3 is 0 Å². The summed E-state index contributed by atoms with van der Waals surface area (Å²) in [6, 6.07) is 5.04. The molecule has 0 aliphatic rings. The lowest BCUT2D eigenvalue weighted by Crippen LogP contribution is -2.19. The van der Waals surface area contributed by atoms with Gasteiger partial charge in [0.1, 0.15) is 5.82 Å². The zero-order valence-corrected chi connectivity index (χ0v) is 13.0. The van der Waals surface area contributed by atoms with Crippen LogP contribution in [0.3, 0.4) is 0 Å². The van der Waals surface area contributed by atoms with E-state index in [9.17, 15) is 4.39 Å². The smallest absolute Gasteiger partial charge is 0.123 e. The maximum Gasteiger partial charge on any atom is 0.123 e. The first-order valence-electron chi connectivity index (χ1n) is 6.69. The largest absolute Gasteiger partial charge is 0.383 e. The van der Waals surface area contributed by atoms with E-state index < -0.39 is 0 Å². The van der Waals surface area contributed by atoms with Gasteiger partial charge in [-0.25, -0.2) is 4.39 Å². The second-order valence-corrected chi connectivity index (χ2v) is 6.41. The predicted molar refractivity (Wildman–Crippen MR) is 80.1 cm³/mol. The van der Waals surface area contributed by atoms with Gasteiger partial charge in [-0.15, -0.1) is 11.8 Å². The zero-order valence-electron chi connectivity index (χ0n) is 12.2. The lowest BCUT2D eigenvalue weighted by molar-refractivity contribution is 0.199. The van der Waals surface area contributed by atoms with Crippen LogP contribution in [-0.4, -0.2) is 25.5 Å². The standard InChI is InChI=1S/C15H24FNOS/c1-11(2)12(3)19-15-6-5-14(16)9-13(15)10-17-7-8-18-4/h5-6,9,11-12,17H,7-8,10H2,1-4H3. The Balaban J connectivity index is 2.68. The highest BCUT2D eigenvalue weighted by molar-refractivity contribution is 8.00. The molecule has 0 radical (unpaired) electrons. The van der Waals surface area contributed by atoms with Gasteiger partial charge in [0.15, 0.2) is 0 Å². The van der Waals surface area contributed by atoms with Gasteiger partial charge in [-0.2, -0.15) is 0 Å². The fourth-order valence-corrected chi connectivity index (χ4v) is 2.64. The van der Waals surface area contributed by atoms with Gasteiger partial charge in [0.25, 0.3) is 0 Å². The molecular weight excluding hydrogens is 261 g/mol. The van der Waals surface area contributed by atoms with Gasteiger partial charge in [-0.05, 0) is 29.7 Å². The maximum atomic E-state index is 13.4. The summed E-state index contributed by atoms with van der Waals surface area (Å²) >= 11 is 1.81. The van der Waals surface area contributed by atoms with Crippen molar-refractivity contribution in [3.8, 4) is 0 Å². The summed E-state index contributed by atoms with van der Waals surface area (Å²) in [6.07, 6.45) is 0. The highest BCUT2D eigenvalue weighted by Crippen LogP contribution is 2.30. The van der Waals surface area contributed by atoms with Crippen LogP contribution in [0.4, 0.5) is 4.39 Å². The third-order valence-electron chi connectivity index (χ3n) is 3.07. The molecular formula is C15H24FNOS. The first-order valence-corrected chi connectivity index (χ1v) is 7.57. The number of halogens is 1. The molecule has 0 aliphatic carbocycles. The number of thioether (sulfide) groups is 1. The molecule has 2 nitrogen and oxygen atoms in total. The Bertz CT molecular complexity index is 384. The monoisotopic (exact) mass is 285 g/mol. The van der Waals surface area contributed by atoms with Crippen molar-refractivity contribution >= 4 is 11.8 Å². The number of hydrogen-bond donors (Lipinski definition) is 1. The molecule has 1 aromatic carbocycles. The quantitative estimate of drug-likeness (QED) is 0.581. The zero-order chi connectivity index (χ0) is 14.3. The molecule has 1 N–H and O–H groups in total. The summed E-state index contributed by atoms with van der Waals surface area (Å²) < 4.78 is 18.3. The summed E-state index contributed by atoms with van der Waals surface area (Å²) in [7, 11) is 1.68. The van der Waals surface area contributed by atoms with Crippen LogP contribution in [0.5, 0.6) is 0 Å². The third-order valence-corrected chi connectivity index (χ3v) is 4.64. The van der Waals surface area contributed by atoms with Crippen molar-refractivity contribution in [2.24, 2.45) is 5.92 Å². The van der Waals surface area contributed by atoms with Crippen LogP contribution in [0.1, 0.15) is 26.3 Å². The van der Waals surface area contributed by atoms with Crippen molar-refractivity contribution in [2.75, 3.05) is 20.3 Å². The second-order valence-electron chi connectivity index (χ2n) is 4.99. The van der Waals surface area contributed by atoms with E-state index in [1.54, 1.807) is 13.2 Å². The second kappa shape index (κ2) is 8.56. The first-order chi connectivity index (χ1) is 9.04. The van der Waals surface area contributed by atoms with Crippen molar-refractivity contribution in [1.82, 2.24) is 5.32 Å². The summed E-state index contributed by atoms with van der Waals surface area (Å²) in [5, 5.41) is 3.78. The minimum atomic E-state index is -0.176. The van der Waals surface area contributed by atoms with Crippen LogP contribution in [0.2, 0.25) is 0 Å². The van der Waals surface area contributed by atoms with Crippen LogP contribution < -0.4 is 5.32 Å². The molecule has 19 heavy (non-hydrogen) atoms. The minimum absolute atomic E-state index is 0.176. The Kier molecular flexibility index (Phi) is 7.42. The maximum absolute atomic E-state index is 13.4. The normalized spacial score (nSPS) is 12.9. The molecule has 0 saturated heterocycles. The SMILES string of the molecule is COCCNCc1cc(F)ccc1SC(C)C(C)C. The molecule has 1 unspecified atom stereocenters. The van der Waals surface area contributed by atoms with Gasteiger partial charge < -0.3 is 10.1 Å². The molecule has 0 spiro atoms. The molecule has 0 fully saturated rings. The molecule has 0 amide bonds. The Morgan fingerprint density at radius 2 is 2.05 bits per heavy atom. The van der Waals surface area contributed by atoms with E-state index in [0.29, 0.717) is 24.3 Å². The number of rotatable bonds is 8. The molecule has 1 aromatic rings. The Morgan fingerprint density at radius 1 is 1.32 bits per heavy atom. The van der Waals surface area contributed by atoms with Crippen LogP contribution in [0, 0.1) is 11.7 Å². The van der Waals surface area contributed by atoms with Crippen LogP contribution >= 0.6 is 11.8 Å². The molecule has 0 bridgehead atoms. The number of nitrogens with one attached hydrogen (secondary N) is 1. The summed E-state index contributed by atoms with van der Waals surface area (Å²) in [6.45, 7) is 8.74. The van der Waals surface area contributed by atoms with Gasteiger partial charge in [-0.3, -0.25) is 0 Å². The van der Waals surface area contributed by atoms with Crippen molar-refractivity contribution in [1.29, 1.82) is 0 Å². The van der Waals surface area contributed by atoms with E-state index in [4.69, 9.17) is 4.74 Å². The molecule has 0 heterocycles. The molecule has 0 aliphatic heterocycles. The van der Waals surface area contributed by atoms with E-state index in [1.165, 1.54) is 6.07 Å². The molecule has 1 rings (SSSR count). The summed E-state index contributed by atoms with van der Waals surface area (Å²) in [5.41, 5.74) is 1.02. The van der Waals surface area contributed by atoms with Crippen molar-refractivity contribution in [2.45, 2.75) is 37.5 Å². The van der Waals surface area contributed by atoms with Crippen molar-refractivity contribution in [3.05, 3.63) is 29.6 Å². The lowest BCUT2D eigenvalue weighted by Gasteiger charge is -2.17. The Labute approximate surface area is 120 Å². The van der Waals surface area contributed by atoms with Gasteiger partial charge in [0.05, 0.1) is 6.61 Å². The van der Waals surface area contributed by atoms with Gasteiger partial charge in [0, 0.05) is 30.3 Å². The Hall–Kier alpha value is -0.580. The number of methoxy groups -OCH3 is 1. The van der Waals surface area contributed by atoms with E-state index in [-0.39, 0.29) is 5.82 Å². The van der Waals surface area contributed by atoms with E-state index in [2.05, 4.69) is 26.1 Å². The Morgan fingerprint density at radius 3 is 2.68 bits per heavy atom. The van der Waals surface area contributed by atoms with Gasteiger partial charge in [-0.1, -0.05) is 20.8 Å².